The maximum Gasteiger partial charge on any atom is 0.131 e. The summed E-state index contributed by atoms with van der Waals surface area (Å²) < 4.78 is 6.02. The van der Waals surface area contributed by atoms with E-state index in [1.165, 1.54) is 11.1 Å². The number of benzene rings is 2. The van der Waals surface area contributed by atoms with Gasteiger partial charge >= 0.3 is 0 Å². The molecule has 2 aromatic carbocycles. The molecule has 2 aromatic rings. The van der Waals surface area contributed by atoms with Gasteiger partial charge in [-0.25, -0.2) is 0 Å². The maximum absolute atomic E-state index is 6.02. The summed E-state index contributed by atoms with van der Waals surface area (Å²) in [6.07, 6.45) is 7.25. The number of hydrogen-bond donors (Lipinski definition) is 0. The standard InChI is InChI=1S/C19H23NO.C6H12/c1-5-16-11-15(4)12-17(19(16)21-14(2)3)13-20-18-9-7-6-8-10-18;1-4-5-6(2)3/h6-14H,5H2,1-4H3;4-6H,1-3H3/b;5-4+. The number of nitrogens with zero attached hydrogens (tertiary/aromatic N) is 1. The van der Waals surface area contributed by atoms with Gasteiger partial charge in [0.1, 0.15) is 5.75 Å². The summed E-state index contributed by atoms with van der Waals surface area (Å²) in [5.74, 6) is 1.67. The predicted octanol–water partition coefficient (Wildman–Crippen LogP) is 7.31. The van der Waals surface area contributed by atoms with Crippen molar-refractivity contribution in [1.82, 2.24) is 0 Å². The SMILES string of the molecule is C/C=C/C(C)C.CCc1cc(C)cc(C=Nc2ccccc2)c1OC(C)C. The van der Waals surface area contributed by atoms with Gasteiger partial charge in [-0.2, -0.15) is 0 Å². The molecule has 0 spiro atoms. The zero-order chi connectivity index (χ0) is 20.2. The molecule has 27 heavy (non-hydrogen) atoms. The molecule has 0 heterocycles. The van der Waals surface area contributed by atoms with Crippen LogP contribution in [-0.4, -0.2) is 12.3 Å². The first-order valence-electron chi connectivity index (χ1n) is 9.89. The van der Waals surface area contributed by atoms with E-state index in [0.717, 1.165) is 29.3 Å². The van der Waals surface area contributed by atoms with Gasteiger partial charge in [-0.3, -0.25) is 4.99 Å². The van der Waals surface area contributed by atoms with Crippen molar-refractivity contribution >= 4 is 11.9 Å². The second-order valence-electron chi connectivity index (χ2n) is 7.23. The van der Waals surface area contributed by atoms with Crippen LogP contribution < -0.4 is 4.74 Å². The molecule has 0 unspecified atom stereocenters. The Labute approximate surface area is 166 Å². The van der Waals surface area contributed by atoms with Crippen molar-refractivity contribution in [3.63, 3.8) is 0 Å². The molecular weight excluding hydrogens is 330 g/mol. The van der Waals surface area contributed by atoms with Crippen LogP contribution in [0.1, 0.15) is 58.2 Å². The van der Waals surface area contributed by atoms with E-state index in [9.17, 15) is 0 Å². The van der Waals surface area contributed by atoms with Crippen molar-refractivity contribution in [1.29, 1.82) is 0 Å². The Balaban J connectivity index is 0.000000527. The molecule has 0 atom stereocenters. The lowest BCUT2D eigenvalue weighted by Gasteiger charge is -2.17. The van der Waals surface area contributed by atoms with Crippen LogP contribution >= 0.6 is 0 Å². The molecule has 2 heteroatoms. The van der Waals surface area contributed by atoms with Crippen LogP contribution in [0.2, 0.25) is 0 Å². The van der Waals surface area contributed by atoms with Gasteiger partial charge in [0.2, 0.25) is 0 Å². The van der Waals surface area contributed by atoms with Gasteiger partial charge in [0, 0.05) is 11.8 Å². The maximum atomic E-state index is 6.02. The topological polar surface area (TPSA) is 21.6 Å². The van der Waals surface area contributed by atoms with Gasteiger partial charge in [0.15, 0.2) is 0 Å². The Morgan fingerprint density at radius 3 is 2.19 bits per heavy atom. The van der Waals surface area contributed by atoms with E-state index in [1.54, 1.807) is 0 Å². The molecule has 0 fully saturated rings. The third-order valence-corrected chi connectivity index (χ3v) is 3.76. The minimum absolute atomic E-state index is 0.155. The van der Waals surface area contributed by atoms with Gasteiger partial charge in [0.25, 0.3) is 0 Å². The second kappa shape index (κ2) is 12.1. The van der Waals surface area contributed by atoms with Crippen LogP contribution in [0.15, 0.2) is 59.6 Å². The molecule has 0 bridgehead atoms. The van der Waals surface area contributed by atoms with E-state index >= 15 is 0 Å². The van der Waals surface area contributed by atoms with Crippen molar-refractivity contribution in [3.8, 4) is 5.75 Å². The largest absolute Gasteiger partial charge is 0.490 e. The third-order valence-electron chi connectivity index (χ3n) is 3.76. The zero-order valence-corrected chi connectivity index (χ0v) is 18.0. The summed E-state index contributed by atoms with van der Waals surface area (Å²) in [6, 6.07) is 14.3. The lowest BCUT2D eigenvalue weighted by molar-refractivity contribution is 0.240. The highest BCUT2D eigenvalue weighted by atomic mass is 16.5. The molecular formula is C25H35NO. The number of allylic oxidation sites excluding steroid dienone is 2. The van der Waals surface area contributed by atoms with Crippen molar-refractivity contribution in [2.45, 2.75) is 61.0 Å². The van der Waals surface area contributed by atoms with Crippen molar-refractivity contribution in [2.24, 2.45) is 10.9 Å². The van der Waals surface area contributed by atoms with E-state index in [0.29, 0.717) is 0 Å². The van der Waals surface area contributed by atoms with Crippen LogP contribution in [0.25, 0.3) is 0 Å². The van der Waals surface area contributed by atoms with E-state index < -0.39 is 0 Å². The van der Waals surface area contributed by atoms with Crippen molar-refractivity contribution in [2.75, 3.05) is 0 Å². The zero-order valence-electron chi connectivity index (χ0n) is 18.0. The van der Waals surface area contributed by atoms with Crippen molar-refractivity contribution < 1.29 is 4.74 Å². The van der Waals surface area contributed by atoms with E-state index in [1.807, 2.05) is 43.5 Å². The van der Waals surface area contributed by atoms with Gasteiger partial charge in [-0.05, 0) is 69.4 Å². The molecule has 146 valence electrons. The van der Waals surface area contributed by atoms with Crippen molar-refractivity contribution in [3.05, 3.63) is 71.3 Å². The lowest BCUT2D eigenvalue weighted by atomic mass is 10.0. The van der Waals surface area contributed by atoms with Gasteiger partial charge in [0.05, 0.1) is 11.8 Å². The summed E-state index contributed by atoms with van der Waals surface area (Å²) in [5.41, 5.74) is 4.47. The van der Waals surface area contributed by atoms with E-state index in [2.05, 4.69) is 70.8 Å². The summed E-state index contributed by atoms with van der Waals surface area (Å²) in [4.78, 5) is 4.56. The summed E-state index contributed by atoms with van der Waals surface area (Å²) >= 11 is 0. The number of aliphatic imine (C=N–C) groups is 1. The number of aryl methyl sites for hydroxylation is 2. The van der Waals surface area contributed by atoms with Gasteiger partial charge in [-0.15, -0.1) is 0 Å². The average molecular weight is 366 g/mol. The first kappa shape index (κ1) is 22.7. The summed E-state index contributed by atoms with van der Waals surface area (Å²) in [6.45, 7) is 14.7. The highest BCUT2D eigenvalue weighted by Gasteiger charge is 2.10. The highest BCUT2D eigenvalue weighted by molar-refractivity contribution is 5.86. The number of para-hydroxylation sites is 1. The van der Waals surface area contributed by atoms with Crippen LogP contribution in [0.3, 0.4) is 0 Å². The Bertz CT molecular complexity index is 727. The molecule has 0 aromatic heterocycles. The van der Waals surface area contributed by atoms with Gasteiger partial charge < -0.3 is 4.74 Å². The van der Waals surface area contributed by atoms with Crippen LogP contribution in [0.4, 0.5) is 5.69 Å². The lowest BCUT2D eigenvalue weighted by Crippen LogP contribution is -2.10. The molecule has 0 aliphatic rings. The Hall–Kier alpha value is -2.35. The van der Waals surface area contributed by atoms with E-state index in [4.69, 9.17) is 4.74 Å². The van der Waals surface area contributed by atoms with Crippen LogP contribution in [0.5, 0.6) is 5.75 Å². The first-order chi connectivity index (χ1) is 12.9. The van der Waals surface area contributed by atoms with E-state index in [-0.39, 0.29) is 6.10 Å². The smallest absolute Gasteiger partial charge is 0.131 e. The van der Waals surface area contributed by atoms with Crippen LogP contribution in [-0.2, 0) is 6.42 Å². The minimum Gasteiger partial charge on any atom is -0.490 e. The average Bonchev–Trinajstić information content (AvgIpc) is 2.62. The molecule has 0 amide bonds. The normalized spacial score (nSPS) is 11.3. The predicted molar refractivity (Wildman–Crippen MR) is 120 cm³/mol. The third kappa shape index (κ3) is 8.72. The molecule has 0 saturated carbocycles. The fourth-order valence-corrected chi connectivity index (χ4v) is 2.66. The monoisotopic (exact) mass is 365 g/mol. The van der Waals surface area contributed by atoms with Gasteiger partial charge in [-0.1, -0.05) is 57.2 Å². The number of ether oxygens (including phenoxy) is 1. The molecule has 2 rings (SSSR count). The molecule has 0 saturated heterocycles. The Morgan fingerprint density at radius 2 is 1.70 bits per heavy atom. The second-order valence-corrected chi connectivity index (χ2v) is 7.23. The number of hydrogen-bond acceptors (Lipinski definition) is 2. The quantitative estimate of drug-likeness (QED) is 0.388. The molecule has 2 nitrogen and oxygen atoms in total. The fraction of sp³-hybridized carbons (Fsp3) is 0.400. The highest BCUT2D eigenvalue weighted by Crippen LogP contribution is 2.27. The van der Waals surface area contributed by atoms with Crippen LogP contribution in [0, 0.1) is 12.8 Å². The fourth-order valence-electron chi connectivity index (χ4n) is 2.66. The first-order valence-corrected chi connectivity index (χ1v) is 9.89. The number of rotatable bonds is 6. The Morgan fingerprint density at radius 1 is 1.04 bits per heavy atom. The summed E-state index contributed by atoms with van der Waals surface area (Å²) in [7, 11) is 0. The Kier molecular flexibility index (Phi) is 10.2. The summed E-state index contributed by atoms with van der Waals surface area (Å²) in [5, 5.41) is 0. The molecule has 0 aliphatic heterocycles. The molecule has 0 aliphatic carbocycles. The minimum atomic E-state index is 0.155. The molecule has 0 radical (unpaired) electrons. The molecule has 0 N–H and O–H groups in total.